The van der Waals surface area contributed by atoms with Gasteiger partial charge in [-0.1, -0.05) is 18.7 Å². The van der Waals surface area contributed by atoms with Gasteiger partial charge in [0.1, 0.15) is 5.82 Å². The van der Waals surface area contributed by atoms with Crippen LogP contribution in [-0.2, 0) is 4.79 Å². The highest BCUT2D eigenvalue weighted by Gasteiger charge is 2.17. The second-order valence-electron chi connectivity index (χ2n) is 9.17. The summed E-state index contributed by atoms with van der Waals surface area (Å²) in [5, 5.41) is 14.4. The molecule has 1 aliphatic rings. The molecule has 1 amide bonds. The van der Waals surface area contributed by atoms with Crippen molar-refractivity contribution in [2.24, 2.45) is 0 Å². The predicted octanol–water partition coefficient (Wildman–Crippen LogP) is 4.26. The highest BCUT2D eigenvalue weighted by molar-refractivity contribution is 6.00. The molecule has 2 aromatic heterocycles. The first-order chi connectivity index (χ1) is 17.4. The maximum atomic E-state index is 11.9. The summed E-state index contributed by atoms with van der Waals surface area (Å²) in [4.78, 5) is 26.5. The molecule has 1 aliphatic heterocycles. The number of carbonyl (C=O) groups is 1. The number of anilines is 4. The third-order valence-corrected chi connectivity index (χ3v) is 6.44. The van der Waals surface area contributed by atoms with E-state index < -0.39 is 0 Å². The fourth-order valence-electron chi connectivity index (χ4n) is 4.29. The predicted molar refractivity (Wildman–Crippen MR) is 145 cm³/mol. The Morgan fingerprint density at radius 2 is 1.86 bits per heavy atom. The Balaban J connectivity index is 1.60. The summed E-state index contributed by atoms with van der Waals surface area (Å²) in [5.41, 5.74) is 5.37. The van der Waals surface area contributed by atoms with E-state index in [0.29, 0.717) is 23.1 Å². The molecule has 2 aromatic carbocycles. The summed E-state index contributed by atoms with van der Waals surface area (Å²) in [6.07, 6.45) is 1.26. The van der Waals surface area contributed by atoms with Crippen LogP contribution >= 0.6 is 0 Å². The minimum absolute atomic E-state index is 0.261. The number of hydrogen-bond acceptors (Lipinski definition) is 7. The maximum Gasteiger partial charge on any atom is 0.247 e. The van der Waals surface area contributed by atoms with Crippen LogP contribution in [0.2, 0.25) is 0 Å². The number of carbonyl (C=O) groups excluding carboxylic acids is 1. The summed E-state index contributed by atoms with van der Waals surface area (Å²) < 4.78 is 0. The average Bonchev–Trinajstić information content (AvgIpc) is 3.29. The Labute approximate surface area is 210 Å². The topological polar surface area (TPSA) is 102 Å². The Bertz CT molecular complexity index is 1440. The van der Waals surface area contributed by atoms with Crippen molar-refractivity contribution in [2.45, 2.75) is 13.8 Å². The van der Waals surface area contributed by atoms with Crippen LogP contribution in [0.15, 0.2) is 55.1 Å². The molecule has 0 saturated carbocycles. The number of aromatic amines is 1. The minimum Gasteiger partial charge on any atom is -0.369 e. The number of hydrogen-bond donors (Lipinski definition) is 3. The van der Waals surface area contributed by atoms with Crippen molar-refractivity contribution in [3.8, 4) is 11.4 Å². The van der Waals surface area contributed by atoms with Crippen molar-refractivity contribution in [1.82, 2.24) is 25.1 Å². The van der Waals surface area contributed by atoms with Crippen molar-refractivity contribution >= 4 is 39.8 Å². The number of aryl methyl sites for hydroxylation is 2. The van der Waals surface area contributed by atoms with Gasteiger partial charge in [0.15, 0.2) is 11.6 Å². The fourth-order valence-corrected chi connectivity index (χ4v) is 4.29. The second-order valence-corrected chi connectivity index (χ2v) is 9.17. The minimum atomic E-state index is -0.261. The molecular weight excluding hydrogens is 452 g/mol. The van der Waals surface area contributed by atoms with Crippen LogP contribution in [0.3, 0.4) is 0 Å². The lowest BCUT2D eigenvalue weighted by molar-refractivity contribution is -0.111. The Kier molecular flexibility index (Phi) is 6.39. The molecule has 1 saturated heterocycles. The summed E-state index contributed by atoms with van der Waals surface area (Å²) in [6, 6.07) is 14.1. The highest BCUT2D eigenvalue weighted by atomic mass is 16.1. The van der Waals surface area contributed by atoms with Gasteiger partial charge < -0.3 is 20.4 Å². The number of nitrogens with zero attached hydrogens (tertiary/aromatic N) is 5. The first kappa shape index (κ1) is 23.5. The molecule has 4 aromatic rings. The number of amides is 1. The number of likely N-dealkylation sites (N-methyl/N-ethyl adjacent to an activating group) is 1. The normalized spacial score (nSPS) is 14.1. The first-order valence-corrected chi connectivity index (χ1v) is 12.0. The lowest BCUT2D eigenvalue weighted by atomic mass is 10.1. The SMILES string of the molecule is C=CC(=O)Nc1cc(-c2nc(Nc3cc(C)[nH]n3)c3ccc(N4CCN(C)CC4)cc3n2)ccc1C. The van der Waals surface area contributed by atoms with Crippen LogP contribution < -0.4 is 15.5 Å². The van der Waals surface area contributed by atoms with Crippen LogP contribution in [0.4, 0.5) is 23.0 Å². The fraction of sp³-hybridized carbons (Fsp3) is 0.259. The number of piperazine rings is 1. The van der Waals surface area contributed by atoms with E-state index in [9.17, 15) is 4.79 Å². The van der Waals surface area contributed by atoms with E-state index in [4.69, 9.17) is 9.97 Å². The van der Waals surface area contributed by atoms with E-state index in [2.05, 4.69) is 62.5 Å². The van der Waals surface area contributed by atoms with Crippen molar-refractivity contribution in [3.63, 3.8) is 0 Å². The molecule has 0 radical (unpaired) electrons. The van der Waals surface area contributed by atoms with E-state index >= 15 is 0 Å². The molecule has 3 heterocycles. The molecule has 0 aliphatic carbocycles. The van der Waals surface area contributed by atoms with Gasteiger partial charge >= 0.3 is 0 Å². The zero-order valence-corrected chi connectivity index (χ0v) is 20.8. The number of aromatic nitrogens is 4. The molecule has 9 nitrogen and oxygen atoms in total. The molecule has 0 bridgehead atoms. The monoisotopic (exact) mass is 482 g/mol. The van der Waals surface area contributed by atoms with E-state index in [1.165, 1.54) is 6.08 Å². The molecule has 184 valence electrons. The molecule has 36 heavy (non-hydrogen) atoms. The largest absolute Gasteiger partial charge is 0.369 e. The summed E-state index contributed by atoms with van der Waals surface area (Å²) >= 11 is 0. The molecule has 0 unspecified atom stereocenters. The Hall–Kier alpha value is -4.24. The molecular formula is C27H30N8O. The third kappa shape index (κ3) is 4.92. The number of benzene rings is 2. The molecule has 0 spiro atoms. The third-order valence-electron chi connectivity index (χ3n) is 6.44. The van der Waals surface area contributed by atoms with Crippen molar-refractivity contribution < 1.29 is 4.79 Å². The summed E-state index contributed by atoms with van der Waals surface area (Å²) in [5.74, 6) is 1.65. The van der Waals surface area contributed by atoms with Crippen molar-refractivity contribution in [1.29, 1.82) is 0 Å². The summed E-state index contributed by atoms with van der Waals surface area (Å²) in [7, 11) is 2.15. The van der Waals surface area contributed by atoms with Gasteiger partial charge in [-0.2, -0.15) is 5.10 Å². The van der Waals surface area contributed by atoms with E-state index in [-0.39, 0.29) is 5.91 Å². The van der Waals surface area contributed by atoms with Crippen LogP contribution in [-0.4, -0.2) is 64.2 Å². The van der Waals surface area contributed by atoms with Crippen LogP contribution in [0, 0.1) is 13.8 Å². The summed E-state index contributed by atoms with van der Waals surface area (Å²) in [6.45, 7) is 11.4. The second kappa shape index (κ2) is 9.79. The molecule has 9 heteroatoms. The van der Waals surface area contributed by atoms with Crippen LogP contribution in [0.25, 0.3) is 22.3 Å². The Morgan fingerprint density at radius 3 is 2.58 bits per heavy atom. The van der Waals surface area contributed by atoms with E-state index in [0.717, 1.165) is 59.6 Å². The lowest BCUT2D eigenvalue weighted by Gasteiger charge is -2.34. The number of H-pyrrole nitrogens is 1. The number of rotatable bonds is 6. The van der Waals surface area contributed by atoms with Gasteiger partial charge in [0.25, 0.3) is 0 Å². The maximum absolute atomic E-state index is 11.9. The molecule has 0 atom stereocenters. The zero-order valence-electron chi connectivity index (χ0n) is 20.8. The molecule has 1 fully saturated rings. The average molecular weight is 483 g/mol. The van der Waals surface area contributed by atoms with Crippen molar-refractivity contribution in [3.05, 3.63) is 66.4 Å². The first-order valence-electron chi connectivity index (χ1n) is 12.0. The van der Waals surface area contributed by atoms with Gasteiger partial charge in [-0.05, 0) is 56.8 Å². The lowest BCUT2D eigenvalue weighted by Crippen LogP contribution is -2.44. The van der Waals surface area contributed by atoms with E-state index in [1.807, 2.05) is 38.1 Å². The van der Waals surface area contributed by atoms with Gasteiger partial charge in [-0.25, -0.2) is 9.97 Å². The van der Waals surface area contributed by atoms with Gasteiger partial charge in [0, 0.05) is 60.3 Å². The van der Waals surface area contributed by atoms with Gasteiger partial charge in [0.05, 0.1) is 5.52 Å². The van der Waals surface area contributed by atoms with Gasteiger partial charge in [-0.15, -0.1) is 0 Å². The number of nitrogens with one attached hydrogen (secondary N) is 3. The molecule has 5 rings (SSSR count). The zero-order chi connectivity index (χ0) is 25.2. The van der Waals surface area contributed by atoms with Gasteiger partial charge in [-0.3, -0.25) is 9.89 Å². The smallest absolute Gasteiger partial charge is 0.247 e. The molecule has 3 N–H and O–H groups in total. The van der Waals surface area contributed by atoms with Crippen LogP contribution in [0.1, 0.15) is 11.3 Å². The number of fused-ring (bicyclic) bond motifs is 1. The van der Waals surface area contributed by atoms with E-state index in [1.54, 1.807) is 0 Å². The standard InChI is InChI=1S/C27H30N8O/c1-5-25(36)28-22-15-19(7-6-17(22)2)26-29-23-16-20(35-12-10-34(4)11-13-35)8-9-21(23)27(31-26)30-24-14-18(3)32-33-24/h5-9,14-16H,1,10-13H2,2-4H3,(H,28,36)(H2,29,30,31,32,33). The van der Waals surface area contributed by atoms with Crippen LogP contribution in [0.5, 0.6) is 0 Å². The van der Waals surface area contributed by atoms with Gasteiger partial charge in [0.2, 0.25) is 5.91 Å². The Morgan fingerprint density at radius 1 is 1.06 bits per heavy atom. The quantitative estimate of drug-likeness (QED) is 0.353. The van der Waals surface area contributed by atoms with Crippen molar-refractivity contribution in [2.75, 3.05) is 48.8 Å². The highest BCUT2D eigenvalue weighted by Crippen LogP contribution is 2.31.